The zero-order valence-corrected chi connectivity index (χ0v) is 11.1. The van der Waals surface area contributed by atoms with E-state index in [4.69, 9.17) is 28.9 Å². The average molecular weight is 274 g/mol. The number of benzene rings is 1. The van der Waals surface area contributed by atoms with Crippen LogP contribution in [0.3, 0.4) is 0 Å². The third-order valence-electron chi connectivity index (χ3n) is 3.85. The molecule has 1 fully saturated rings. The molecule has 2 atom stereocenters. The summed E-state index contributed by atoms with van der Waals surface area (Å²) < 4.78 is 0. The van der Waals surface area contributed by atoms with E-state index < -0.39 is 6.10 Å². The highest BCUT2D eigenvalue weighted by Crippen LogP contribution is 2.40. The van der Waals surface area contributed by atoms with E-state index in [-0.39, 0.29) is 5.41 Å². The number of rotatable bonds is 2. The number of hydrogen-bond donors (Lipinski definition) is 2. The van der Waals surface area contributed by atoms with E-state index in [0.717, 1.165) is 31.2 Å². The van der Waals surface area contributed by atoms with Gasteiger partial charge in [-0.3, -0.25) is 0 Å². The van der Waals surface area contributed by atoms with Gasteiger partial charge in [0, 0.05) is 12.0 Å². The molecule has 1 saturated carbocycles. The lowest BCUT2D eigenvalue weighted by molar-refractivity contribution is 0.0464. The molecule has 0 spiro atoms. The maximum Gasteiger partial charge on any atom is 0.0649 e. The van der Waals surface area contributed by atoms with Gasteiger partial charge >= 0.3 is 0 Å². The van der Waals surface area contributed by atoms with Crippen molar-refractivity contribution < 1.29 is 5.11 Å². The molecule has 2 nitrogen and oxygen atoms in total. The lowest BCUT2D eigenvalue weighted by Gasteiger charge is -2.41. The number of aliphatic hydroxyl groups excluding tert-OH is 1. The normalized spacial score (nSPS) is 29.3. The number of aliphatic hydroxyl groups is 1. The minimum atomic E-state index is -0.390. The summed E-state index contributed by atoms with van der Waals surface area (Å²) in [6.45, 7) is 0.437. The lowest BCUT2D eigenvalue weighted by atomic mass is 9.67. The van der Waals surface area contributed by atoms with Crippen LogP contribution in [0.2, 0.25) is 10.0 Å². The molecule has 1 aliphatic rings. The molecule has 0 bridgehead atoms. The van der Waals surface area contributed by atoms with Gasteiger partial charge in [0.15, 0.2) is 0 Å². The summed E-state index contributed by atoms with van der Waals surface area (Å²) in [5.74, 6) is 0. The number of nitrogens with two attached hydrogens (primary N) is 1. The molecule has 0 saturated heterocycles. The quantitative estimate of drug-likeness (QED) is 0.870. The van der Waals surface area contributed by atoms with Crippen molar-refractivity contribution in [3.8, 4) is 0 Å². The Bertz CT molecular complexity index is 410. The van der Waals surface area contributed by atoms with Crippen molar-refractivity contribution in [2.75, 3.05) is 6.54 Å². The van der Waals surface area contributed by atoms with Crippen molar-refractivity contribution in [2.24, 2.45) is 5.73 Å². The highest BCUT2D eigenvalue weighted by molar-refractivity contribution is 6.42. The molecule has 0 unspecified atom stereocenters. The molecule has 2 rings (SSSR count). The fourth-order valence-electron chi connectivity index (χ4n) is 2.72. The predicted molar refractivity (Wildman–Crippen MR) is 71.7 cm³/mol. The third kappa shape index (κ3) is 2.32. The highest BCUT2D eigenvalue weighted by atomic mass is 35.5. The van der Waals surface area contributed by atoms with Crippen LogP contribution in [0.4, 0.5) is 0 Å². The first-order chi connectivity index (χ1) is 8.10. The summed E-state index contributed by atoms with van der Waals surface area (Å²) in [7, 11) is 0. The van der Waals surface area contributed by atoms with E-state index in [0.29, 0.717) is 16.6 Å². The Morgan fingerprint density at radius 2 is 2.06 bits per heavy atom. The number of halogens is 2. The van der Waals surface area contributed by atoms with E-state index in [1.54, 1.807) is 6.07 Å². The van der Waals surface area contributed by atoms with Crippen LogP contribution in [-0.4, -0.2) is 17.8 Å². The van der Waals surface area contributed by atoms with E-state index in [9.17, 15) is 5.11 Å². The van der Waals surface area contributed by atoms with E-state index in [1.165, 1.54) is 0 Å². The van der Waals surface area contributed by atoms with Gasteiger partial charge < -0.3 is 10.8 Å². The third-order valence-corrected chi connectivity index (χ3v) is 4.59. The summed E-state index contributed by atoms with van der Waals surface area (Å²) in [6.07, 6.45) is 3.47. The summed E-state index contributed by atoms with van der Waals surface area (Å²) in [5.41, 5.74) is 6.56. The fraction of sp³-hybridized carbons (Fsp3) is 0.538. The molecule has 0 radical (unpaired) electrons. The van der Waals surface area contributed by atoms with Crippen LogP contribution in [0.25, 0.3) is 0 Å². The van der Waals surface area contributed by atoms with Crippen molar-refractivity contribution in [3.05, 3.63) is 33.8 Å². The van der Waals surface area contributed by atoms with Crippen LogP contribution in [0.15, 0.2) is 18.2 Å². The Balaban J connectivity index is 2.42. The summed E-state index contributed by atoms with van der Waals surface area (Å²) in [6, 6.07) is 5.54. The van der Waals surface area contributed by atoms with Crippen LogP contribution in [-0.2, 0) is 5.41 Å². The predicted octanol–water partition coefficient (Wildman–Crippen LogP) is 3.12. The van der Waals surface area contributed by atoms with Crippen LogP contribution >= 0.6 is 23.2 Å². The number of hydrogen-bond acceptors (Lipinski definition) is 2. The standard InChI is InChI=1S/C13H17Cl2NO/c14-10-5-4-9(7-11(10)15)13(8-16)6-2-1-3-12(13)17/h4-5,7,12,17H,1-3,6,8,16H2/t12-,13+/m0/s1. The summed E-state index contributed by atoms with van der Waals surface area (Å²) >= 11 is 12.0. The van der Waals surface area contributed by atoms with Gasteiger partial charge in [-0.2, -0.15) is 0 Å². The molecular formula is C13H17Cl2NO. The Morgan fingerprint density at radius 1 is 1.29 bits per heavy atom. The average Bonchev–Trinajstić information content (AvgIpc) is 2.34. The lowest BCUT2D eigenvalue weighted by Crippen LogP contribution is -2.48. The second-order valence-corrected chi connectivity index (χ2v) is 5.57. The maximum absolute atomic E-state index is 10.3. The Labute approximate surface area is 112 Å². The molecule has 1 aromatic rings. The summed E-state index contributed by atoms with van der Waals surface area (Å²) in [4.78, 5) is 0. The molecule has 0 aromatic heterocycles. The molecule has 4 heteroatoms. The van der Waals surface area contributed by atoms with Crippen LogP contribution in [0.5, 0.6) is 0 Å². The molecule has 0 amide bonds. The van der Waals surface area contributed by atoms with Gasteiger partial charge in [-0.05, 0) is 30.5 Å². The van der Waals surface area contributed by atoms with Gasteiger partial charge in [-0.25, -0.2) is 0 Å². The van der Waals surface area contributed by atoms with Crippen LogP contribution in [0.1, 0.15) is 31.2 Å². The van der Waals surface area contributed by atoms with E-state index >= 15 is 0 Å². The first-order valence-electron chi connectivity index (χ1n) is 5.94. The summed E-state index contributed by atoms with van der Waals surface area (Å²) in [5, 5.41) is 11.3. The maximum atomic E-state index is 10.3. The molecule has 3 N–H and O–H groups in total. The van der Waals surface area contributed by atoms with Crippen molar-refractivity contribution >= 4 is 23.2 Å². The Hall–Kier alpha value is -0.280. The zero-order valence-electron chi connectivity index (χ0n) is 9.63. The SMILES string of the molecule is NC[C@@]1(c2ccc(Cl)c(Cl)c2)CCCC[C@@H]1O. The Morgan fingerprint density at radius 3 is 2.65 bits per heavy atom. The molecule has 1 aromatic carbocycles. The van der Waals surface area contributed by atoms with Gasteiger partial charge in [-0.1, -0.05) is 42.1 Å². The van der Waals surface area contributed by atoms with Crippen molar-refractivity contribution in [1.29, 1.82) is 0 Å². The molecule has 0 aliphatic heterocycles. The van der Waals surface area contributed by atoms with Crippen molar-refractivity contribution in [3.63, 3.8) is 0 Å². The van der Waals surface area contributed by atoms with Crippen molar-refractivity contribution in [1.82, 2.24) is 0 Å². The van der Waals surface area contributed by atoms with Crippen LogP contribution < -0.4 is 5.73 Å². The van der Waals surface area contributed by atoms with Crippen molar-refractivity contribution in [2.45, 2.75) is 37.2 Å². The van der Waals surface area contributed by atoms with Gasteiger partial charge in [0.05, 0.1) is 16.1 Å². The minimum absolute atomic E-state index is 0.355. The minimum Gasteiger partial charge on any atom is -0.392 e. The first kappa shape index (κ1) is 13.2. The molecule has 94 valence electrons. The molecule has 1 aliphatic carbocycles. The molecule has 0 heterocycles. The second-order valence-electron chi connectivity index (χ2n) is 4.75. The smallest absolute Gasteiger partial charge is 0.0649 e. The molecule has 17 heavy (non-hydrogen) atoms. The largest absolute Gasteiger partial charge is 0.392 e. The first-order valence-corrected chi connectivity index (χ1v) is 6.69. The monoisotopic (exact) mass is 273 g/mol. The van der Waals surface area contributed by atoms with Gasteiger partial charge in [0.1, 0.15) is 0 Å². The van der Waals surface area contributed by atoms with Gasteiger partial charge in [0.25, 0.3) is 0 Å². The van der Waals surface area contributed by atoms with Gasteiger partial charge in [-0.15, -0.1) is 0 Å². The molecular weight excluding hydrogens is 257 g/mol. The second kappa shape index (κ2) is 5.15. The zero-order chi connectivity index (χ0) is 12.5. The van der Waals surface area contributed by atoms with Crippen LogP contribution in [0, 0.1) is 0 Å². The Kier molecular flexibility index (Phi) is 3.99. The highest BCUT2D eigenvalue weighted by Gasteiger charge is 2.40. The van der Waals surface area contributed by atoms with E-state index in [2.05, 4.69) is 0 Å². The fourth-order valence-corrected chi connectivity index (χ4v) is 3.02. The topological polar surface area (TPSA) is 46.2 Å². The van der Waals surface area contributed by atoms with E-state index in [1.807, 2.05) is 12.1 Å². The van der Waals surface area contributed by atoms with Gasteiger partial charge in [0.2, 0.25) is 0 Å².